The minimum absolute atomic E-state index is 0.283. The quantitative estimate of drug-likeness (QED) is 0.698. The Hall–Kier alpha value is -0.930. The molecule has 0 fully saturated rings. The molecule has 1 rings (SSSR count). The third kappa shape index (κ3) is 4.35. The number of aromatic nitrogens is 1. The van der Waals surface area contributed by atoms with Crippen LogP contribution in [-0.2, 0) is 11.2 Å². The summed E-state index contributed by atoms with van der Waals surface area (Å²) in [5.41, 5.74) is 1.08. The summed E-state index contributed by atoms with van der Waals surface area (Å²) < 4.78 is 4.92. The van der Waals surface area contributed by atoms with E-state index in [2.05, 4.69) is 4.98 Å². The van der Waals surface area contributed by atoms with E-state index in [0.717, 1.165) is 18.4 Å². The topological polar surface area (TPSA) is 42.4 Å². The maximum Gasteiger partial charge on any atom is 0.0582 e. The highest BCUT2D eigenvalue weighted by molar-refractivity contribution is 5.09. The van der Waals surface area contributed by atoms with Gasteiger partial charge in [-0.05, 0) is 30.9 Å². The van der Waals surface area contributed by atoms with Gasteiger partial charge in [-0.25, -0.2) is 0 Å². The van der Waals surface area contributed by atoms with Gasteiger partial charge in [-0.2, -0.15) is 0 Å². The second-order valence-corrected chi connectivity index (χ2v) is 3.35. The predicted octanol–water partition coefficient (Wildman–Crippen LogP) is 1.41. The lowest BCUT2D eigenvalue weighted by Gasteiger charge is -2.09. The van der Waals surface area contributed by atoms with E-state index in [1.807, 2.05) is 12.1 Å². The zero-order valence-corrected chi connectivity index (χ0v) is 8.52. The molecular formula is C11H17NO2. The smallest absolute Gasteiger partial charge is 0.0582 e. The van der Waals surface area contributed by atoms with Crippen LogP contribution in [-0.4, -0.2) is 29.9 Å². The summed E-state index contributed by atoms with van der Waals surface area (Å²) in [5.74, 6) is 0. The highest BCUT2D eigenvalue weighted by Gasteiger charge is 2.04. The number of nitrogens with zero attached hydrogens (tertiary/aromatic N) is 1. The molecule has 0 saturated heterocycles. The fourth-order valence-corrected chi connectivity index (χ4v) is 1.36. The van der Waals surface area contributed by atoms with Crippen molar-refractivity contribution in [3.05, 3.63) is 30.1 Å². The third-order valence-corrected chi connectivity index (χ3v) is 2.08. The average molecular weight is 195 g/mol. The van der Waals surface area contributed by atoms with Crippen molar-refractivity contribution in [2.45, 2.75) is 25.4 Å². The van der Waals surface area contributed by atoms with Gasteiger partial charge in [-0.1, -0.05) is 6.07 Å². The van der Waals surface area contributed by atoms with Gasteiger partial charge in [0.05, 0.1) is 6.10 Å². The molecule has 1 unspecified atom stereocenters. The van der Waals surface area contributed by atoms with Gasteiger partial charge in [-0.3, -0.25) is 4.98 Å². The first-order valence-corrected chi connectivity index (χ1v) is 4.89. The first kappa shape index (κ1) is 11.1. The van der Waals surface area contributed by atoms with Crippen molar-refractivity contribution >= 4 is 0 Å². The molecule has 0 bridgehead atoms. The molecule has 0 spiro atoms. The van der Waals surface area contributed by atoms with Gasteiger partial charge in [0.15, 0.2) is 0 Å². The van der Waals surface area contributed by atoms with Crippen LogP contribution in [0.2, 0.25) is 0 Å². The summed E-state index contributed by atoms with van der Waals surface area (Å²) in [7, 11) is 1.67. The van der Waals surface area contributed by atoms with Crippen molar-refractivity contribution in [1.82, 2.24) is 4.98 Å². The number of rotatable bonds is 6. The molecule has 1 aromatic heterocycles. The minimum atomic E-state index is -0.283. The molecular weight excluding hydrogens is 178 g/mol. The molecule has 0 aliphatic rings. The fourth-order valence-electron chi connectivity index (χ4n) is 1.36. The Labute approximate surface area is 84.7 Å². The molecule has 1 heterocycles. The number of hydrogen-bond acceptors (Lipinski definition) is 3. The van der Waals surface area contributed by atoms with E-state index in [-0.39, 0.29) is 6.10 Å². The van der Waals surface area contributed by atoms with E-state index in [0.29, 0.717) is 13.0 Å². The normalized spacial score (nSPS) is 12.7. The van der Waals surface area contributed by atoms with E-state index >= 15 is 0 Å². The third-order valence-electron chi connectivity index (χ3n) is 2.08. The molecule has 1 N–H and O–H groups in total. The second kappa shape index (κ2) is 6.51. The van der Waals surface area contributed by atoms with Crippen LogP contribution in [0.1, 0.15) is 18.4 Å². The Balaban J connectivity index is 2.23. The van der Waals surface area contributed by atoms with E-state index in [9.17, 15) is 5.11 Å². The fraction of sp³-hybridized carbons (Fsp3) is 0.545. The zero-order valence-electron chi connectivity index (χ0n) is 8.52. The van der Waals surface area contributed by atoms with Crippen LogP contribution < -0.4 is 0 Å². The molecule has 1 atom stereocenters. The monoisotopic (exact) mass is 195 g/mol. The van der Waals surface area contributed by atoms with E-state index < -0.39 is 0 Å². The van der Waals surface area contributed by atoms with Gasteiger partial charge in [0.25, 0.3) is 0 Å². The minimum Gasteiger partial charge on any atom is -0.393 e. The molecule has 14 heavy (non-hydrogen) atoms. The molecule has 78 valence electrons. The van der Waals surface area contributed by atoms with Crippen LogP contribution in [0.15, 0.2) is 24.5 Å². The van der Waals surface area contributed by atoms with Crippen LogP contribution in [0.5, 0.6) is 0 Å². The summed E-state index contributed by atoms with van der Waals surface area (Å²) in [6.45, 7) is 0.712. The summed E-state index contributed by atoms with van der Waals surface area (Å²) in [4.78, 5) is 4.00. The number of aliphatic hydroxyl groups is 1. The number of pyridine rings is 1. The highest BCUT2D eigenvalue weighted by Crippen LogP contribution is 2.05. The van der Waals surface area contributed by atoms with Crippen molar-refractivity contribution in [1.29, 1.82) is 0 Å². The maximum absolute atomic E-state index is 9.65. The van der Waals surface area contributed by atoms with E-state index in [4.69, 9.17) is 4.74 Å². The van der Waals surface area contributed by atoms with Crippen molar-refractivity contribution < 1.29 is 9.84 Å². The van der Waals surface area contributed by atoms with Crippen LogP contribution in [0.3, 0.4) is 0 Å². The van der Waals surface area contributed by atoms with Gasteiger partial charge in [0, 0.05) is 26.1 Å². The Kier molecular flexibility index (Phi) is 5.19. The van der Waals surface area contributed by atoms with Crippen LogP contribution in [0, 0.1) is 0 Å². The lowest BCUT2D eigenvalue weighted by molar-refractivity contribution is 0.135. The Morgan fingerprint density at radius 1 is 1.57 bits per heavy atom. The van der Waals surface area contributed by atoms with E-state index in [1.54, 1.807) is 19.5 Å². The molecule has 0 saturated carbocycles. The first-order valence-electron chi connectivity index (χ1n) is 4.89. The van der Waals surface area contributed by atoms with Gasteiger partial charge in [0.2, 0.25) is 0 Å². The maximum atomic E-state index is 9.65. The van der Waals surface area contributed by atoms with Gasteiger partial charge < -0.3 is 9.84 Å². The lowest BCUT2D eigenvalue weighted by Crippen LogP contribution is -2.11. The van der Waals surface area contributed by atoms with Crippen molar-refractivity contribution in [2.24, 2.45) is 0 Å². The Morgan fingerprint density at radius 2 is 2.43 bits per heavy atom. The predicted molar refractivity (Wildman–Crippen MR) is 55.1 cm³/mol. The highest BCUT2D eigenvalue weighted by atomic mass is 16.5. The Morgan fingerprint density at radius 3 is 3.07 bits per heavy atom. The number of methoxy groups -OCH3 is 1. The first-order chi connectivity index (χ1) is 6.83. The largest absolute Gasteiger partial charge is 0.393 e. The molecule has 3 heteroatoms. The van der Waals surface area contributed by atoms with Crippen LogP contribution in [0.25, 0.3) is 0 Å². The van der Waals surface area contributed by atoms with Crippen LogP contribution in [0.4, 0.5) is 0 Å². The van der Waals surface area contributed by atoms with Gasteiger partial charge in [0.1, 0.15) is 0 Å². The number of ether oxygens (including phenoxy) is 1. The van der Waals surface area contributed by atoms with Crippen molar-refractivity contribution in [3.8, 4) is 0 Å². The second-order valence-electron chi connectivity index (χ2n) is 3.35. The summed E-state index contributed by atoms with van der Waals surface area (Å²) in [5, 5.41) is 9.65. The molecule has 0 aromatic carbocycles. The summed E-state index contributed by atoms with van der Waals surface area (Å²) in [6.07, 6.45) is 5.60. The summed E-state index contributed by atoms with van der Waals surface area (Å²) >= 11 is 0. The van der Waals surface area contributed by atoms with Gasteiger partial charge >= 0.3 is 0 Å². The van der Waals surface area contributed by atoms with Crippen LogP contribution >= 0.6 is 0 Å². The van der Waals surface area contributed by atoms with Crippen molar-refractivity contribution in [2.75, 3.05) is 13.7 Å². The Bertz CT molecular complexity index is 238. The lowest BCUT2D eigenvalue weighted by atomic mass is 10.1. The average Bonchev–Trinajstić information content (AvgIpc) is 2.20. The standard InChI is InChI=1S/C11H17NO2/c1-14-7-3-5-11(13)8-10-4-2-6-12-9-10/h2,4,6,9,11,13H,3,5,7-8H2,1H3. The molecule has 0 aliphatic carbocycles. The molecule has 1 aromatic rings. The zero-order chi connectivity index (χ0) is 10.2. The molecule has 0 aliphatic heterocycles. The van der Waals surface area contributed by atoms with Gasteiger partial charge in [-0.15, -0.1) is 0 Å². The van der Waals surface area contributed by atoms with Crippen molar-refractivity contribution in [3.63, 3.8) is 0 Å². The molecule has 0 amide bonds. The number of hydrogen-bond donors (Lipinski definition) is 1. The summed E-state index contributed by atoms with van der Waals surface area (Å²) in [6, 6.07) is 3.86. The number of aliphatic hydroxyl groups excluding tert-OH is 1. The SMILES string of the molecule is COCCCC(O)Cc1cccnc1. The molecule has 0 radical (unpaired) electrons. The molecule has 3 nitrogen and oxygen atoms in total. The van der Waals surface area contributed by atoms with E-state index in [1.165, 1.54) is 0 Å².